The fraction of sp³-hybridized carbons (Fsp3) is 0.438. The van der Waals surface area contributed by atoms with Crippen molar-refractivity contribution in [3.63, 3.8) is 0 Å². The maximum absolute atomic E-state index is 10.5. The van der Waals surface area contributed by atoms with E-state index in [1.54, 1.807) is 0 Å². The maximum atomic E-state index is 10.5. The van der Waals surface area contributed by atoms with Crippen LogP contribution in [-0.4, -0.2) is 79.3 Å². The van der Waals surface area contributed by atoms with Crippen LogP contribution in [0.3, 0.4) is 0 Å². The average Bonchev–Trinajstić information content (AvgIpc) is 2.83. The van der Waals surface area contributed by atoms with Gasteiger partial charge in [0.05, 0.1) is 63.7 Å². The molecule has 0 unspecified atom stereocenters. The van der Waals surface area contributed by atoms with Gasteiger partial charge in [-0.15, -0.1) is 0 Å². The fourth-order valence-electron chi connectivity index (χ4n) is 3.95. The second-order valence-electron chi connectivity index (χ2n) is 12.3. The molecule has 0 fully saturated rings. The predicted octanol–water partition coefficient (Wildman–Crippen LogP) is 3.95. The molecule has 0 saturated carbocycles. The molecule has 0 aliphatic rings. The topological polar surface area (TPSA) is 55.3 Å². The van der Waals surface area contributed by atoms with Crippen molar-refractivity contribution in [2.75, 3.05) is 63.0 Å². The Kier molecular flexibility index (Phi) is 14.6. The van der Waals surface area contributed by atoms with Crippen molar-refractivity contribution in [2.24, 2.45) is 0 Å². The molecule has 0 aliphatic heterocycles. The second-order valence-corrected chi connectivity index (χ2v) is 12.3. The number of unbranched alkanes of at least 4 members (excludes halogenated alkanes) is 2. The monoisotopic (exact) mass is 520 g/mol. The highest BCUT2D eigenvalue weighted by molar-refractivity contribution is 6.28. The molecule has 3 aromatic carbocycles. The zero-order chi connectivity index (χ0) is 28.7. The molecule has 5 nitrogen and oxygen atoms in total. The van der Waals surface area contributed by atoms with E-state index in [2.05, 4.69) is 134 Å². The van der Waals surface area contributed by atoms with Gasteiger partial charge in [0.1, 0.15) is 0 Å². The number of quaternary nitrogens is 2. The van der Waals surface area contributed by atoms with E-state index < -0.39 is 7.32 Å². The third-order valence-electron chi connectivity index (χ3n) is 5.25. The second kappa shape index (κ2) is 16.5. The summed E-state index contributed by atoms with van der Waals surface area (Å²) in [6.45, 7) is 0.229. The van der Waals surface area contributed by atoms with Crippen LogP contribution in [0.15, 0.2) is 91.0 Å². The Bertz CT molecular complexity index is 865. The van der Waals surface area contributed by atoms with Gasteiger partial charge in [-0.2, -0.15) is 0 Å². The molecule has 6 heteroatoms. The lowest BCUT2D eigenvalue weighted by Gasteiger charge is -2.36. The van der Waals surface area contributed by atoms with Gasteiger partial charge in [-0.1, -0.05) is 104 Å². The van der Waals surface area contributed by atoms with Gasteiger partial charge in [0, 0.05) is 12.0 Å². The number of hydrogen-bond donors (Lipinski definition) is 0. The maximum Gasteiger partial charge on any atom is 0.0675 e. The van der Waals surface area contributed by atoms with Gasteiger partial charge < -0.3 is 23.7 Å². The van der Waals surface area contributed by atoms with Gasteiger partial charge in [0.25, 0.3) is 0 Å². The lowest BCUT2D eigenvalue weighted by atomic mass is 9.66. The normalized spacial score (nSPS) is 11.5. The van der Waals surface area contributed by atoms with Crippen LogP contribution in [-0.2, 0) is 10.1 Å². The van der Waals surface area contributed by atoms with E-state index in [0.29, 0.717) is 0 Å². The first-order chi connectivity index (χ1) is 17.7. The largest absolute Gasteiger partial charge is 0.871 e. The minimum absolute atomic E-state index is 0.229. The Labute approximate surface area is 232 Å². The number of nitrogens with zero attached hydrogens (tertiary/aromatic N) is 2. The van der Waals surface area contributed by atoms with Crippen molar-refractivity contribution in [1.82, 2.24) is 0 Å². The Balaban J connectivity index is 0.000000616. The van der Waals surface area contributed by atoms with Gasteiger partial charge in [-0.25, -0.2) is 0 Å². The lowest BCUT2D eigenvalue weighted by Crippen LogP contribution is -2.47. The van der Waals surface area contributed by atoms with Crippen molar-refractivity contribution in [2.45, 2.75) is 31.1 Å². The highest BCUT2D eigenvalue weighted by Gasteiger charge is 2.35. The minimum atomic E-state index is -2.18. The first-order valence-corrected chi connectivity index (χ1v) is 13.4. The van der Waals surface area contributed by atoms with Crippen LogP contribution < -0.4 is 10.0 Å². The molecule has 0 heterocycles. The number of rotatable bonds is 10. The van der Waals surface area contributed by atoms with Crippen molar-refractivity contribution in [3.8, 4) is 0 Å². The molecule has 0 saturated heterocycles. The van der Waals surface area contributed by atoms with Crippen molar-refractivity contribution in [3.05, 3.63) is 108 Å². The van der Waals surface area contributed by atoms with Crippen molar-refractivity contribution in [1.29, 1.82) is 0 Å². The number of benzene rings is 3. The Morgan fingerprint density at radius 2 is 0.868 bits per heavy atom. The number of hydrogen-bond acceptors (Lipinski definition) is 3. The van der Waals surface area contributed by atoms with Crippen LogP contribution >= 0.6 is 0 Å². The van der Waals surface area contributed by atoms with Crippen LogP contribution in [0.4, 0.5) is 0 Å². The highest BCUT2D eigenvalue weighted by Crippen LogP contribution is 2.43. The molecule has 208 valence electrons. The summed E-state index contributed by atoms with van der Waals surface area (Å²) < 4.78 is 6.62. The van der Waals surface area contributed by atoms with Crippen molar-refractivity contribution >= 4 is 7.32 Å². The zero-order valence-electron chi connectivity index (χ0n) is 24.9. The van der Waals surface area contributed by atoms with Gasteiger partial charge in [-0.3, -0.25) is 0 Å². The molecule has 3 aromatic rings. The SMILES string of the molecule is C[N+](C)(C)C.C[N+](C)(C)C.[O-]B([O-])OCCCCCC(c1ccccc1)(c1ccccc1)c1ccccc1. The summed E-state index contributed by atoms with van der Waals surface area (Å²) in [7, 11) is 14.8. The lowest BCUT2D eigenvalue weighted by molar-refractivity contribution is -0.849. The summed E-state index contributed by atoms with van der Waals surface area (Å²) in [5.74, 6) is 0. The molecule has 0 aliphatic carbocycles. The molecule has 0 bridgehead atoms. The summed E-state index contributed by atoms with van der Waals surface area (Å²) in [5, 5.41) is 21.0. The molecular formula is C32H49BN2O3. The zero-order valence-corrected chi connectivity index (χ0v) is 24.9. The third kappa shape index (κ3) is 14.5. The van der Waals surface area contributed by atoms with E-state index >= 15 is 0 Å². The van der Waals surface area contributed by atoms with Gasteiger partial charge in [0.15, 0.2) is 0 Å². The summed E-state index contributed by atoms with van der Waals surface area (Å²) in [4.78, 5) is 0. The average molecular weight is 521 g/mol. The summed E-state index contributed by atoms with van der Waals surface area (Å²) in [5.41, 5.74) is 3.55. The standard InChI is InChI=1S/C24H25BO3.2C4H12N/c26-25(27)28-20-12-4-11-19-24(21-13-5-1-6-14-21,22-15-7-2-8-16-22)23-17-9-3-10-18-23;2*1-5(2,3)4/h1-3,5-10,13-18H,4,11-12,19-20H2;2*1-4H3/q-2;2*+1. The molecular weight excluding hydrogens is 471 g/mol. The predicted molar refractivity (Wildman–Crippen MR) is 157 cm³/mol. The summed E-state index contributed by atoms with van der Waals surface area (Å²) in [6.07, 6.45) is 3.52. The van der Waals surface area contributed by atoms with Crippen LogP contribution in [0.1, 0.15) is 42.4 Å². The Morgan fingerprint density at radius 1 is 0.553 bits per heavy atom. The first-order valence-electron chi connectivity index (χ1n) is 13.4. The molecule has 0 radical (unpaired) electrons. The molecule has 38 heavy (non-hydrogen) atoms. The van der Waals surface area contributed by atoms with E-state index in [-0.39, 0.29) is 12.0 Å². The van der Waals surface area contributed by atoms with E-state index in [1.165, 1.54) is 16.7 Å². The first kappa shape index (κ1) is 33.6. The van der Waals surface area contributed by atoms with Crippen LogP contribution in [0.5, 0.6) is 0 Å². The van der Waals surface area contributed by atoms with Gasteiger partial charge in [-0.05, 0) is 29.5 Å². The molecule has 0 aromatic heterocycles. The van der Waals surface area contributed by atoms with Crippen molar-refractivity contribution < 1.29 is 23.7 Å². The molecule has 0 N–H and O–H groups in total. The van der Waals surface area contributed by atoms with Crippen LogP contribution in [0.25, 0.3) is 0 Å². The molecule has 0 spiro atoms. The molecule has 0 atom stereocenters. The fourth-order valence-corrected chi connectivity index (χ4v) is 3.95. The minimum Gasteiger partial charge on any atom is -0.871 e. The Hall–Kier alpha value is -2.48. The Morgan fingerprint density at radius 3 is 1.16 bits per heavy atom. The molecule has 3 rings (SSSR count). The van der Waals surface area contributed by atoms with E-state index in [9.17, 15) is 10.0 Å². The summed E-state index contributed by atoms with van der Waals surface area (Å²) >= 11 is 0. The quantitative estimate of drug-likeness (QED) is 0.176. The van der Waals surface area contributed by atoms with Crippen LogP contribution in [0.2, 0.25) is 0 Å². The highest BCUT2D eigenvalue weighted by atomic mass is 16.6. The van der Waals surface area contributed by atoms with E-state index in [1.807, 2.05) is 18.2 Å². The van der Waals surface area contributed by atoms with E-state index in [0.717, 1.165) is 34.6 Å². The van der Waals surface area contributed by atoms with E-state index in [4.69, 9.17) is 0 Å². The molecule has 0 amide bonds. The summed E-state index contributed by atoms with van der Waals surface area (Å²) in [6, 6.07) is 31.9. The van der Waals surface area contributed by atoms with Gasteiger partial charge >= 0.3 is 0 Å². The third-order valence-corrected chi connectivity index (χ3v) is 5.25. The smallest absolute Gasteiger partial charge is 0.0675 e. The van der Waals surface area contributed by atoms with Crippen LogP contribution in [0, 0.1) is 0 Å². The van der Waals surface area contributed by atoms with Gasteiger partial charge in [0.2, 0.25) is 0 Å².